The highest BCUT2D eigenvalue weighted by Crippen LogP contribution is 2.45. The molecule has 8 heteroatoms. The first-order valence-electron chi connectivity index (χ1n) is 7.74. The fourth-order valence-electron chi connectivity index (χ4n) is 2.80. The molecule has 0 aliphatic carbocycles. The molecule has 2 aromatic rings. The second kappa shape index (κ2) is 6.04. The average molecular weight is 342 g/mol. The largest absolute Gasteiger partial charge is 0.484 e. The van der Waals surface area contributed by atoms with Gasteiger partial charge in [0, 0.05) is 13.1 Å². The molecule has 8 nitrogen and oxygen atoms in total. The Labute approximate surface area is 144 Å². The number of aromatic nitrogens is 1. The molecule has 0 bridgehead atoms. The van der Waals surface area contributed by atoms with Gasteiger partial charge in [0.25, 0.3) is 5.69 Å². The SMILES string of the molecule is CC(=O)Nc1cc2c(cc1[N+](=O)[O-])OC(C)(C)CN2c1ccccn1. The molecule has 25 heavy (non-hydrogen) atoms. The third kappa shape index (κ3) is 3.37. The minimum atomic E-state index is -0.562. The molecule has 0 fully saturated rings. The number of fused-ring (bicyclic) bond motifs is 1. The number of pyridine rings is 1. The molecule has 0 radical (unpaired) electrons. The van der Waals surface area contributed by atoms with E-state index in [1.165, 1.54) is 13.0 Å². The molecule has 1 aliphatic heterocycles. The highest BCUT2D eigenvalue weighted by molar-refractivity contribution is 5.93. The summed E-state index contributed by atoms with van der Waals surface area (Å²) < 4.78 is 5.94. The van der Waals surface area contributed by atoms with Crippen LogP contribution in [0.4, 0.5) is 22.9 Å². The third-order valence-electron chi connectivity index (χ3n) is 3.73. The molecule has 1 amide bonds. The van der Waals surface area contributed by atoms with E-state index in [1.54, 1.807) is 12.3 Å². The lowest BCUT2D eigenvalue weighted by Crippen LogP contribution is -2.45. The molecule has 0 atom stereocenters. The standard InChI is InChI=1S/C17H18N4O4/c1-11(22)19-12-8-14-15(9-13(12)21(23)24)25-17(2,3)10-20(14)16-6-4-5-7-18-16/h4-9H,10H2,1-3H3,(H,19,22). The second-order valence-corrected chi connectivity index (χ2v) is 6.41. The number of benzene rings is 1. The molecule has 1 N–H and O–H groups in total. The zero-order chi connectivity index (χ0) is 18.2. The van der Waals surface area contributed by atoms with Gasteiger partial charge in [0.05, 0.1) is 23.2 Å². The van der Waals surface area contributed by atoms with Crippen molar-refractivity contribution in [1.82, 2.24) is 4.98 Å². The second-order valence-electron chi connectivity index (χ2n) is 6.41. The molecule has 0 saturated carbocycles. The minimum Gasteiger partial charge on any atom is -0.484 e. The number of hydrogen-bond acceptors (Lipinski definition) is 6. The maximum Gasteiger partial charge on any atom is 0.296 e. The molecule has 0 saturated heterocycles. The van der Waals surface area contributed by atoms with Gasteiger partial charge in [-0.05, 0) is 32.0 Å². The number of nitro groups is 1. The Bertz CT molecular complexity index is 836. The van der Waals surface area contributed by atoms with E-state index in [-0.39, 0.29) is 17.3 Å². The van der Waals surface area contributed by atoms with Crippen molar-refractivity contribution in [2.75, 3.05) is 16.8 Å². The molecule has 1 aromatic heterocycles. The Morgan fingerprint density at radius 3 is 2.76 bits per heavy atom. The van der Waals surface area contributed by atoms with Crippen LogP contribution in [0, 0.1) is 10.1 Å². The number of nitrogens with zero attached hydrogens (tertiary/aromatic N) is 3. The van der Waals surface area contributed by atoms with Crippen molar-refractivity contribution in [3.63, 3.8) is 0 Å². The molecule has 3 rings (SSSR count). The van der Waals surface area contributed by atoms with E-state index in [2.05, 4.69) is 10.3 Å². The van der Waals surface area contributed by atoms with E-state index in [4.69, 9.17) is 4.74 Å². The van der Waals surface area contributed by atoms with Crippen LogP contribution in [0.5, 0.6) is 5.75 Å². The zero-order valence-corrected chi connectivity index (χ0v) is 14.1. The van der Waals surface area contributed by atoms with Gasteiger partial charge < -0.3 is 15.0 Å². The van der Waals surface area contributed by atoms with Crippen LogP contribution in [0.2, 0.25) is 0 Å². The van der Waals surface area contributed by atoms with Gasteiger partial charge in [0.2, 0.25) is 5.91 Å². The lowest BCUT2D eigenvalue weighted by atomic mass is 10.0. The Kier molecular flexibility index (Phi) is 4.03. The predicted molar refractivity (Wildman–Crippen MR) is 93.4 cm³/mol. The number of nitro benzene ring substituents is 1. The molecule has 1 aromatic carbocycles. The first-order valence-corrected chi connectivity index (χ1v) is 7.74. The van der Waals surface area contributed by atoms with Crippen LogP contribution < -0.4 is 15.0 Å². The van der Waals surface area contributed by atoms with Crippen LogP contribution in [-0.2, 0) is 4.79 Å². The highest BCUT2D eigenvalue weighted by atomic mass is 16.6. The summed E-state index contributed by atoms with van der Waals surface area (Å²) in [4.78, 5) is 28.5. The Balaban J connectivity index is 2.18. The Morgan fingerprint density at radius 1 is 1.40 bits per heavy atom. The van der Waals surface area contributed by atoms with Crippen molar-refractivity contribution >= 4 is 28.8 Å². The summed E-state index contributed by atoms with van der Waals surface area (Å²) in [6.45, 7) is 5.62. The smallest absolute Gasteiger partial charge is 0.296 e. The van der Waals surface area contributed by atoms with Gasteiger partial charge in [0.15, 0.2) is 5.75 Å². The van der Waals surface area contributed by atoms with Crippen LogP contribution in [0.15, 0.2) is 36.5 Å². The van der Waals surface area contributed by atoms with Gasteiger partial charge >= 0.3 is 0 Å². The highest BCUT2D eigenvalue weighted by Gasteiger charge is 2.35. The van der Waals surface area contributed by atoms with E-state index >= 15 is 0 Å². The summed E-state index contributed by atoms with van der Waals surface area (Å²) in [6, 6.07) is 8.43. The molecule has 2 heterocycles. The first kappa shape index (κ1) is 16.7. The lowest BCUT2D eigenvalue weighted by molar-refractivity contribution is -0.384. The quantitative estimate of drug-likeness (QED) is 0.679. The zero-order valence-electron chi connectivity index (χ0n) is 14.1. The van der Waals surface area contributed by atoms with Crippen molar-refractivity contribution < 1.29 is 14.5 Å². The van der Waals surface area contributed by atoms with Crippen molar-refractivity contribution in [3.05, 3.63) is 46.6 Å². The number of rotatable bonds is 3. The summed E-state index contributed by atoms with van der Waals surface area (Å²) in [7, 11) is 0. The van der Waals surface area contributed by atoms with Gasteiger partial charge in [-0.3, -0.25) is 14.9 Å². The van der Waals surface area contributed by atoms with Gasteiger partial charge in [0.1, 0.15) is 17.1 Å². The van der Waals surface area contributed by atoms with Gasteiger partial charge in [-0.2, -0.15) is 0 Å². The van der Waals surface area contributed by atoms with E-state index in [0.717, 1.165) is 0 Å². The van der Waals surface area contributed by atoms with E-state index in [0.29, 0.717) is 23.8 Å². The summed E-state index contributed by atoms with van der Waals surface area (Å²) in [6.07, 6.45) is 1.68. The van der Waals surface area contributed by atoms with E-state index < -0.39 is 10.5 Å². The number of ether oxygens (including phenoxy) is 1. The number of nitrogens with one attached hydrogen (secondary N) is 1. The van der Waals surface area contributed by atoms with Gasteiger partial charge in [-0.15, -0.1) is 0 Å². The molecule has 0 spiro atoms. The summed E-state index contributed by atoms with van der Waals surface area (Å²) in [5.74, 6) is 0.690. The summed E-state index contributed by atoms with van der Waals surface area (Å²) in [5.41, 5.74) is -0.0334. The van der Waals surface area contributed by atoms with Crippen LogP contribution >= 0.6 is 0 Å². The monoisotopic (exact) mass is 342 g/mol. The minimum absolute atomic E-state index is 0.125. The van der Waals surface area contributed by atoms with Crippen LogP contribution in [0.1, 0.15) is 20.8 Å². The number of hydrogen-bond donors (Lipinski definition) is 1. The normalized spacial score (nSPS) is 15.1. The van der Waals surface area contributed by atoms with Crippen LogP contribution in [0.3, 0.4) is 0 Å². The molecular formula is C17H18N4O4. The third-order valence-corrected chi connectivity index (χ3v) is 3.73. The summed E-state index contributed by atoms with van der Waals surface area (Å²) in [5, 5.41) is 13.9. The maximum atomic E-state index is 11.4. The van der Waals surface area contributed by atoms with Crippen LogP contribution in [0.25, 0.3) is 0 Å². The van der Waals surface area contributed by atoms with Crippen molar-refractivity contribution in [3.8, 4) is 5.75 Å². The number of carbonyl (C=O) groups is 1. The molecule has 1 aliphatic rings. The molecular weight excluding hydrogens is 324 g/mol. The molecule has 130 valence electrons. The average Bonchev–Trinajstić information content (AvgIpc) is 2.53. The fourth-order valence-corrected chi connectivity index (χ4v) is 2.80. The lowest BCUT2D eigenvalue weighted by Gasteiger charge is -2.40. The van der Waals surface area contributed by atoms with E-state index in [1.807, 2.05) is 36.9 Å². The van der Waals surface area contributed by atoms with Crippen molar-refractivity contribution in [2.24, 2.45) is 0 Å². The summed E-state index contributed by atoms with van der Waals surface area (Å²) >= 11 is 0. The predicted octanol–water partition coefficient (Wildman–Crippen LogP) is 3.26. The Hall–Kier alpha value is -3.16. The molecule has 0 unspecified atom stereocenters. The van der Waals surface area contributed by atoms with Gasteiger partial charge in [-0.1, -0.05) is 6.07 Å². The Morgan fingerprint density at radius 2 is 2.16 bits per heavy atom. The van der Waals surface area contributed by atoms with Crippen molar-refractivity contribution in [1.29, 1.82) is 0 Å². The number of amides is 1. The van der Waals surface area contributed by atoms with Crippen molar-refractivity contribution in [2.45, 2.75) is 26.4 Å². The number of anilines is 3. The number of carbonyl (C=O) groups excluding carboxylic acids is 1. The van der Waals surface area contributed by atoms with Crippen LogP contribution in [-0.4, -0.2) is 28.0 Å². The topological polar surface area (TPSA) is 97.6 Å². The van der Waals surface area contributed by atoms with E-state index in [9.17, 15) is 14.9 Å². The maximum absolute atomic E-state index is 11.4. The first-order chi connectivity index (χ1) is 11.8. The van der Waals surface area contributed by atoms with Gasteiger partial charge in [-0.25, -0.2) is 4.98 Å². The fraction of sp³-hybridized carbons (Fsp3) is 0.294.